The summed E-state index contributed by atoms with van der Waals surface area (Å²) in [6, 6.07) is 2.30. The van der Waals surface area contributed by atoms with Crippen molar-refractivity contribution < 1.29 is 9.53 Å². The molecule has 0 saturated heterocycles. The third-order valence-corrected chi connectivity index (χ3v) is 5.31. The van der Waals surface area contributed by atoms with Crippen LogP contribution in [-0.4, -0.2) is 39.9 Å². The molecule has 2 fully saturated rings. The molecule has 2 atom stereocenters. The Hall–Kier alpha value is -1.14. The predicted octanol–water partition coefficient (Wildman–Crippen LogP) is 2.18. The number of methoxy groups -OCH3 is 1. The molecule has 1 aromatic rings. The van der Waals surface area contributed by atoms with Crippen LogP contribution in [0, 0.1) is 0 Å². The average Bonchev–Trinajstić information content (AvgIpc) is 3.31. The molecule has 1 aromatic heterocycles. The van der Waals surface area contributed by atoms with Gasteiger partial charge in [-0.05, 0) is 44.6 Å². The van der Waals surface area contributed by atoms with E-state index in [0.29, 0.717) is 11.3 Å². The molecule has 0 aromatic carbocycles. The first-order chi connectivity index (χ1) is 10.2. The van der Waals surface area contributed by atoms with Gasteiger partial charge >= 0.3 is 5.97 Å². The molecule has 3 rings (SSSR count). The first-order valence-electron chi connectivity index (χ1n) is 7.52. The van der Waals surface area contributed by atoms with E-state index in [0.717, 1.165) is 30.8 Å². The van der Waals surface area contributed by atoms with Gasteiger partial charge in [0.1, 0.15) is 5.54 Å². The van der Waals surface area contributed by atoms with Crippen molar-refractivity contribution in [1.29, 1.82) is 0 Å². The van der Waals surface area contributed by atoms with Gasteiger partial charge in [0.25, 0.3) is 0 Å². The predicted molar refractivity (Wildman–Crippen MR) is 81.0 cm³/mol. The summed E-state index contributed by atoms with van der Waals surface area (Å²) >= 11 is 1.67. The van der Waals surface area contributed by atoms with E-state index in [9.17, 15) is 4.79 Å². The summed E-state index contributed by atoms with van der Waals surface area (Å²) in [5.41, 5.74) is -0.513. The minimum Gasteiger partial charge on any atom is -0.468 e. The lowest BCUT2D eigenvalue weighted by atomic mass is 9.81. The lowest BCUT2D eigenvalue weighted by Crippen LogP contribution is -2.56. The van der Waals surface area contributed by atoms with Gasteiger partial charge in [0.15, 0.2) is 5.16 Å². The standard InChI is InChI=1S/C15H21N3O2S/c1-20-13(19)15(18-11-5-6-11)7-2-4-12(10-15)21-14-16-8-3-9-17-14/h3,8-9,11-12,18H,2,4-7,10H2,1H3. The van der Waals surface area contributed by atoms with E-state index < -0.39 is 5.54 Å². The van der Waals surface area contributed by atoms with E-state index in [2.05, 4.69) is 15.3 Å². The zero-order chi connectivity index (χ0) is 14.7. The van der Waals surface area contributed by atoms with E-state index in [1.54, 1.807) is 24.2 Å². The number of thioether (sulfide) groups is 1. The van der Waals surface area contributed by atoms with Crippen molar-refractivity contribution in [3.63, 3.8) is 0 Å². The summed E-state index contributed by atoms with van der Waals surface area (Å²) in [5.74, 6) is -0.117. The van der Waals surface area contributed by atoms with Crippen molar-refractivity contribution >= 4 is 17.7 Å². The molecule has 2 saturated carbocycles. The maximum absolute atomic E-state index is 12.3. The summed E-state index contributed by atoms with van der Waals surface area (Å²) in [6.07, 6.45) is 9.62. The van der Waals surface area contributed by atoms with Crippen molar-refractivity contribution in [2.24, 2.45) is 0 Å². The molecule has 0 aliphatic heterocycles. The van der Waals surface area contributed by atoms with Gasteiger partial charge in [-0.25, -0.2) is 9.97 Å². The molecule has 0 amide bonds. The zero-order valence-corrected chi connectivity index (χ0v) is 13.1. The molecule has 6 heteroatoms. The van der Waals surface area contributed by atoms with Gasteiger partial charge in [-0.3, -0.25) is 10.1 Å². The van der Waals surface area contributed by atoms with E-state index >= 15 is 0 Å². The Morgan fingerprint density at radius 1 is 1.38 bits per heavy atom. The SMILES string of the molecule is COC(=O)C1(NC2CC2)CCCC(Sc2ncccn2)C1. The highest BCUT2D eigenvalue weighted by atomic mass is 32.2. The number of carbonyl (C=O) groups excluding carboxylic acids is 1. The van der Waals surface area contributed by atoms with Crippen molar-refractivity contribution in [1.82, 2.24) is 15.3 Å². The molecule has 2 aliphatic carbocycles. The molecule has 0 radical (unpaired) electrons. The van der Waals surface area contributed by atoms with Gasteiger partial charge < -0.3 is 4.74 Å². The fourth-order valence-electron chi connectivity index (χ4n) is 3.01. The van der Waals surface area contributed by atoms with Crippen LogP contribution < -0.4 is 5.32 Å². The summed E-state index contributed by atoms with van der Waals surface area (Å²) in [6.45, 7) is 0. The number of nitrogens with one attached hydrogen (secondary N) is 1. The maximum atomic E-state index is 12.3. The van der Waals surface area contributed by atoms with Gasteiger partial charge in [-0.15, -0.1) is 0 Å². The number of carbonyl (C=O) groups is 1. The Morgan fingerprint density at radius 2 is 2.14 bits per heavy atom. The highest BCUT2D eigenvalue weighted by molar-refractivity contribution is 7.99. The van der Waals surface area contributed by atoms with Crippen LogP contribution in [-0.2, 0) is 9.53 Å². The molecule has 0 spiro atoms. The maximum Gasteiger partial charge on any atom is 0.326 e. The monoisotopic (exact) mass is 307 g/mol. The molecule has 2 aliphatic rings. The number of hydrogen-bond acceptors (Lipinski definition) is 6. The lowest BCUT2D eigenvalue weighted by molar-refractivity contribution is -0.150. The molecular weight excluding hydrogens is 286 g/mol. The summed E-state index contributed by atoms with van der Waals surface area (Å²) in [5, 5.41) is 4.68. The Kier molecular flexibility index (Phi) is 4.45. The average molecular weight is 307 g/mol. The molecule has 21 heavy (non-hydrogen) atoms. The Morgan fingerprint density at radius 3 is 2.81 bits per heavy atom. The second kappa shape index (κ2) is 6.32. The van der Waals surface area contributed by atoms with Crippen LogP contribution >= 0.6 is 11.8 Å². The van der Waals surface area contributed by atoms with Gasteiger partial charge in [0.05, 0.1) is 7.11 Å². The molecular formula is C15H21N3O2S. The Labute approximate surface area is 129 Å². The minimum atomic E-state index is -0.513. The third kappa shape index (κ3) is 3.55. The van der Waals surface area contributed by atoms with Crippen molar-refractivity contribution in [3.05, 3.63) is 18.5 Å². The fourth-order valence-corrected chi connectivity index (χ4v) is 4.20. The lowest BCUT2D eigenvalue weighted by Gasteiger charge is -2.39. The normalized spacial score (nSPS) is 29.1. The number of hydrogen-bond donors (Lipinski definition) is 1. The zero-order valence-electron chi connectivity index (χ0n) is 12.2. The Balaban J connectivity index is 1.70. The molecule has 1 heterocycles. The Bertz CT molecular complexity index is 495. The molecule has 0 bridgehead atoms. The van der Waals surface area contributed by atoms with E-state index in [1.807, 2.05) is 6.07 Å². The summed E-state index contributed by atoms with van der Waals surface area (Å²) in [4.78, 5) is 20.9. The molecule has 5 nitrogen and oxygen atoms in total. The van der Waals surface area contributed by atoms with Crippen LogP contribution in [0.5, 0.6) is 0 Å². The van der Waals surface area contributed by atoms with Crippen molar-refractivity contribution in [3.8, 4) is 0 Å². The molecule has 114 valence electrons. The number of esters is 1. The highest BCUT2D eigenvalue weighted by Crippen LogP contribution is 2.39. The van der Waals surface area contributed by atoms with Crippen LogP contribution in [0.2, 0.25) is 0 Å². The van der Waals surface area contributed by atoms with Crippen molar-refractivity contribution in [2.75, 3.05) is 7.11 Å². The number of nitrogens with zero attached hydrogens (tertiary/aromatic N) is 2. The largest absolute Gasteiger partial charge is 0.468 e. The van der Waals surface area contributed by atoms with Gasteiger partial charge in [0.2, 0.25) is 0 Å². The van der Waals surface area contributed by atoms with E-state index in [1.165, 1.54) is 20.0 Å². The van der Waals surface area contributed by atoms with Crippen LogP contribution in [0.15, 0.2) is 23.6 Å². The summed E-state index contributed by atoms with van der Waals surface area (Å²) in [7, 11) is 1.48. The second-order valence-electron chi connectivity index (χ2n) is 5.86. The third-order valence-electron chi connectivity index (χ3n) is 4.15. The van der Waals surface area contributed by atoms with Gasteiger partial charge in [-0.2, -0.15) is 0 Å². The van der Waals surface area contributed by atoms with Crippen LogP contribution in [0.3, 0.4) is 0 Å². The van der Waals surface area contributed by atoms with Gasteiger partial charge in [0, 0.05) is 23.7 Å². The number of rotatable bonds is 5. The highest BCUT2D eigenvalue weighted by Gasteiger charge is 2.46. The van der Waals surface area contributed by atoms with Gasteiger partial charge in [-0.1, -0.05) is 11.8 Å². The second-order valence-corrected chi connectivity index (χ2v) is 7.13. The smallest absolute Gasteiger partial charge is 0.326 e. The van der Waals surface area contributed by atoms with Crippen LogP contribution in [0.4, 0.5) is 0 Å². The summed E-state index contributed by atoms with van der Waals surface area (Å²) < 4.78 is 5.08. The van der Waals surface area contributed by atoms with E-state index in [4.69, 9.17) is 4.74 Å². The van der Waals surface area contributed by atoms with Crippen LogP contribution in [0.25, 0.3) is 0 Å². The first kappa shape index (κ1) is 14.8. The minimum absolute atomic E-state index is 0.117. The van der Waals surface area contributed by atoms with Crippen LogP contribution in [0.1, 0.15) is 38.5 Å². The number of ether oxygens (including phenoxy) is 1. The quantitative estimate of drug-likeness (QED) is 0.664. The molecule has 1 N–H and O–H groups in total. The first-order valence-corrected chi connectivity index (χ1v) is 8.40. The topological polar surface area (TPSA) is 64.1 Å². The fraction of sp³-hybridized carbons (Fsp3) is 0.667. The van der Waals surface area contributed by atoms with E-state index in [-0.39, 0.29) is 5.97 Å². The molecule has 2 unspecified atom stereocenters. The number of aromatic nitrogens is 2. The van der Waals surface area contributed by atoms with Crippen molar-refractivity contribution in [2.45, 2.75) is 60.5 Å².